The largest absolute Gasteiger partial charge is 0.478 e. The van der Waals surface area contributed by atoms with Gasteiger partial charge in [-0.2, -0.15) is 0 Å². The zero-order valence-corrected chi connectivity index (χ0v) is 8.77. The van der Waals surface area contributed by atoms with E-state index in [1.165, 1.54) is 12.1 Å². The van der Waals surface area contributed by atoms with Crippen LogP contribution in [-0.2, 0) is 4.74 Å². The minimum absolute atomic E-state index is 0.216. The van der Waals surface area contributed by atoms with Crippen molar-refractivity contribution in [3.63, 3.8) is 0 Å². The number of carboxylic acid groups (broad SMARTS) is 1. The van der Waals surface area contributed by atoms with Gasteiger partial charge in [0, 0.05) is 13.2 Å². The molecule has 1 aromatic carbocycles. The summed E-state index contributed by atoms with van der Waals surface area (Å²) in [5, 5.41) is 11.9. The number of nitrogen functional groups attached to an aromatic ring is 1. The maximum Gasteiger partial charge on any atom is 0.335 e. The van der Waals surface area contributed by atoms with Gasteiger partial charge < -0.3 is 20.9 Å². The Bertz CT molecular complexity index is 402. The number of carboxylic acids is 1. The zero-order valence-electron chi connectivity index (χ0n) is 8.77. The summed E-state index contributed by atoms with van der Waals surface area (Å²) in [7, 11) is 0. The average molecular weight is 222 g/mol. The first-order chi connectivity index (χ1) is 7.66. The number of ether oxygens (including phenoxy) is 1. The molecule has 0 aromatic heterocycles. The van der Waals surface area contributed by atoms with Gasteiger partial charge in [-0.25, -0.2) is 4.79 Å². The van der Waals surface area contributed by atoms with Crippen LogP contribution in [0.15, 0.2) is 18.2 Å². The minimum atomic E-state index is -0.956. The van der Waals surface area contributed by atoms with Crippen molar-refractivity contribution in [3.8, 4) is 0 Å². The molecule has 1 atom stereocenters. The van der Waals surface area contributed by atoms with Gasteiger partial charge in [0.05, 0.1) is 23.0 Å². The maximum atomic E-state index is 10.8. The highest BCUT2D eigenvalue weighted by Crippen LogP contribution is 2.21. The van der Waals surface area contributed by atoms with Crippen LogP contribution in [0.3, 0.4) is 0 Å². The van der Waals surface area contributed by atoms with Crippen LogP contribution >= 0.6 is 0 Å². The summed E-state index contributed by atoms with van der Waals surface area (Å²) in [6.45, 7) is 1.46. The SMILES string of the molecule is Nc1ccc(C(=O)O)cc1NC[C@@H]1CCO1. The second-order valence-corrected chi connectivity index (χ2v) is 3.77. The van der Waals surface area contributed by atoms with Gasteiger partial charge in [0.1, 0.15) is 0 Å². The van der Waals surface area contributed by atoms with Gasteiger partial charge >= 0.3 is 5.97 Å². The molecule has 1 saturated heterocycles. The number of hydrogen-bond acceptors (Lipinski definition) is 4. The molecule has 1 aliphatic heterocycles. The molecule has 1 heterocycles. The monoisotopic (exact) mass is 222 g/mol. The van der Waals surface area contributed by atoms with E-state index in [1.807, 2.05) is 0 Å². The summed E-state index contributed by atoms with van der Waals surface area (Å²) < 4.78 is 5.25. The molecule has 0 saturated carbocycles. The first kappa shape index (κ1) is 10.8. The maximum absolute atomic E-state index is 10.8. The van der Waals surface area contributed by atoms with Crippen molar-refractivity contribution < 1.29 is 14.6 Å². The fourth-order valence-electron chi connectivity index (χ4n) is 1.51. The molecule has 0 unspecified atom stereocenters. The van der Waals surface area contributed by atoms with E-state index in [1.54, 1.807) is 6.07 Å². The third kappa shape index (κ3) is 2.25. The Labute approximate surface area is 93.2 Å². The lowest BCUT2D eigenvalue weighted by atomic mass is 10.1. The molecule has 0 radical (unpaired) electrons. The molecule has 1 aliphatic rings. The topological polar surface area (TPSA) is 84.6 Å². The van der Waals surface area contributed by atoms with E-state index in [4.69, 9.17) is 15.6 Å². The fraction of sp³-hybridized carbons (Fsp3) is 0.364. The standard InChI is InChI=1S/C11H14N2O3/c12-9-2-1-7(11(14)15)5-10(9)13-6-8-3-4-16-8/h1-2,5,8,13H,3-4,6,12H2,(H,14,15)/t8-/m0/s1. The van der Waals surface area contributed by atoms with Crippen LogP contribution in [-0.4, -0.2) is 30.3 Å². The van der Waals surface area contributed by atoms with Crippen molar-refractivity contribution in [1.82, 2.24) is 0 Å². The molecule has 0 aliphatic carbocycles. The number of rotatable bonds is 4. The molecule has 2 rings (SSSR count). The van der Waals surface area contributed by atoms with Crippen LogP contribution in [0.5, 0.6) is 0 Å². The quantitative estimate of drug-likeness (QED) is 0.666. The van der Waals surface area contributed by atoms with Gasteiger partial charge in [-0.15, -0.1) is 0 Å². The van der Waals surface area contributed by atoms with Crippen molar-refractivity contribution in [2.24, 2.45) is 0 Å². The highest BCUT2D eigenvalue weighted by atomic mass is 16.5. The van der Waals surface area contributed by atoms with Crippen molar-refractivity contribution in [2.75, 3.05) is 24.2 Å². The molecular weight excluding hydrogens is 208 g/mol. The number of aromatic carboxylic acids is 1. The number of hydrogen-bond donors (Lipinski definition) is 3. The summed E-state index contributed by atoms with van der Waals surface area (Å²) in [5.41, 5.74) is 7.16. The van der Waals surface area contributed by atoms with Crippen molar-refractivity contribution in [3.05, 3.63) is 23.8 Å². The molecule has 86 valence electrons. The first-order valence-corrected chi connectivity index (χ1v) is 5.15. The number of carbonyl (C=O) groups is 1. The molecule has 4 N–H and O–H groups in total. The van der Waals surface area contributed by atoms with Gasteiger partial charge in [-0.1, -0.05) is 0 Å². The molecular formula is C11H14N2O3. The number of benzene rings is 1. The summed E-state index contributed by atoms with van der Waals surface area (Å²) in [5.74, 6) is -0.956. The molecule has 0 bridgehead atoms. The van der Waals surface area contributed by atoms with Gasteiger partial charge in [0.25, 0.3) is 0 Å². The molecule has 16 heavy (non-hydrogen) atoms. The second-order valence-electron chi connectivity index (χ2n) is 3.77. The summed E-state index contributed by atoms with van der Waals surface area (Å²) >= 11 is 0. The second kappa shape index (κ2) is 4.40. The molecule has 0 spiro atoms. The Balaban J connectivity index is 2.05. The predicted molar refractivity (Wildman–Crippen MR) is 60.7 cm³/mol. The Kier molecular flexibility index (Phi) is 2.96. The lowest BCUT2D eigenvalue weighted by Gasteiger charge is -2.27. The van der Waals surface area contributed by atoms with E-state index < -0.39 is 5.97 Å². The highest BCUT2D eigenvalue weighted by Gasteiger charge is 2.18. The molecule has 5 heteroatoms. The Morgan fingerprint density at radius 1 is 1.62 bits per heavy atom. The Morgan fingerprint density at radius 3 is 2.94 bits per heavy atom. The van der Waals surface area contributed by atoms with Gasteiger partial charge in [0.2, 0.25) is 0 Å². The van der Waals surface area contributed by atoms with Gasteiger partial charge in [0.15, 0.2) is 0 Å². The van der Waals surface area contributed by atoms with Crippen LogP contribution in [0, 0.1) is 0 Å². The summed E-state index contributed by atoms with van der Waals surface area (Å²) in [4.78, 5) is 10.8. The fourth-order valence-corrected chi connectivity index (χ4v) is 1.51. The third-order valence-electron chi connectivity index (χ3n) is 2.61. The Morgan fingerprint density at radius 2 is 2.38 bits per heavy atom. The minimum Gasteiger partial charge on any atom is -0.478 e. The van der Waals surface area contributed by atoms with Crippen LogP contribution in [0.4, 0.5) is 11.4 Å². The van der Waals surface area contributed by atoms with Gasteiger partial charge in [-0.3, -0.25) is 0 Å². The van der Waals surface area contributed by atoms with Crippen LogP contribution < -0.4 is 11.1 Å². The molecule has 0 amide bonds. The lowest BCUT2D eigenvalue weighted by molar-refractivity contribution is -0.0410. The summed E-state index contributed by atoms with van der Waals surface area (Å²) in [6, 6.07) is 4.62. The van der Waals surface area contributed by atoms with Crippen molar-refractivity contribution in [1.29, 1.82) is 0 Å². The van der Waals surface area contributed by atoms with E-state index in [-0.39, 0.29) is 11.7 Å². The zero-order chi connectivity index (χ0) is 11.5. The Hall–Kier alpha value is -1.75. The smallest absolute Gasteiger partial charge is 0.335 e. The van der Waals surface area contributed by atoms with E-state index in [9.17, 15) is 4.79 Å². The molecule has 1 aromatic rings. The molecule has 1 fully saturated rings. The normalized spacial score (nSPS) is 18.9. The molecule has 5 nitrogen and oxygen atoms in total. The van der Waals surface area contributed by atoms with Crippen LogP contribution in [0.1, 0.15) is 16.8 Å². The highest BCUT2D eigenvalue weighted by molar-refractivity contribution is 5.90. The number of anilines is 2. The predicted octanol–water partition coefficient (Wildman–Crippen LogP) is 1.17. The number of nitrogens with one attached hydrogen (secondary N) is 1. The van der Waals surface area contributed by atoms with Crippen molar-refractivity contribution in [2.45, 2.75) is 12.5 Å². The van der Waals surface area contributed by atoms with E-state index in [0.717, 1.165) is 13.0 Å². The first-order valence-electron chi connectivity index (χ1n) is 5.15. The third-order valence-corrected chi connectivity index (χ3v) is 2.61. The van der Waals surface area contributed by atoms with E-state index in [0.29, 0.717) is 17.9 Å². The average Bonchev–Trinajstić information content (AvgIpc) is 2.18. The van der Waals surface area contributed by atoms with Crippen molar-refractivity contribution >= 4 is 17.3 Å². The van der Waals surface area contributed by atoms with Gasteiger partial charge in [-0.05, 0) is 24.6 Å². The number of nitrogens with two attached hydrogens (primary N) is 1. The van der Waals surface area contributed by atoms with E-state index in [2.05, 4.69) is 5.32 Å². The van der Waals surface area contributed by atoms with Crippen LogP contribution in [0.2, 0.25) is 0 Å². The summed E-state index contributed by atoms with van der Waals surface area (Å²) in [6.07, 6.45) is 1.25. The van der Waals surface area contributed by atoms with Crippen LogP contribution in [0.25, 0.3) is 0 Å². The van der Waals surface area contributed by atoms with E-state index >= 15 is 0 Å². The lowest BCUT2D eigenvalue weighted by Crippen LogP contribution is -2.33.